The molecule has 0 radical (unpaired) electrons. The molecule has 2 heterocycles. The molecule has 156 valence electrons. The number of ether oxygens (including phenoxy) is 1. The van der Waals surface area contributed by atoms with Gasteiger partial charge in [-0.2, -0.15) is 0 Å². The first kappa shape index (κ1) is 20.2. The highest BCUT2D eigenvalue weighted by atomic mass is 16.5. The van der Waals surface area contributed by atoms with Crippen LogP contribution in [0.2, 0.25) is 0 Å². The summed E-state index contributed by atoms with van der Waals surface area (Å²) in [4.78, 5) is 19.5. The van der Waals surface area contributed by atoms with E-state index in [-0.39, 0.29) is 5.91 Å². The van der Waals surface area contributed by atoms with Crippen molar-refractivity contribution in [2.45, 2.75) is 33.8 Å². The Morgan fingerprint density at radius 1 is 1.07 bits per heavy atom. The summed E-state index contributed by atoms with van der Waals surface area (Å²) in [5, 5.41) is 0. The number of piperidine rings is 1. The third-order valence-corrected chi connectivity index (χ3v) is 5.55. The molecule has 3 aromatic rings. The maximum absolute atomic E-state index is 12.9. The largest absolute Gasteiger partial charge is 0.487 e. The van der Waals surface area contributed by atoms with Crippen LogP contribution in [0, 0.1) is 18.8 Å². The average Bonchev–Trinajstić information content (AvgIpc) is 3.12. The number of aryl methyl sites for hydroxylation is 1. The van der Waals surface area contributed by atoms with Crippen molar-refractivity contribution in [2.75, 3.05) is 13.1 Å². The lowest BCUT2D eigenvalue weighted by Gasteiger charge is -2.35. The van der Waals surface area contributed by atoms with Crippen LogP contribution >= 0.6 is 0 Å². The van der Waals surface area contributed by atoms with Gasteiger partial charge in [-0.15, -0.1) is 0 Å². The average molecular weight is 405 g/mol. The normalized spacial score (nSPS) is 19.0. The fourth-order valence-electron chi connectivity index (χ4n) is 4.12. The van der Waals surface area contributed by atoms with Gasteiger partial charge in [0, 0.05) is 24.2 Å². The second-order valence-electron chi connectivity index (χ2n) is 8.36. The van der Waals surface area contributed by atoms with Crippen LogP contribution in [0.5, 0.6) is 5.75 Å². The third-order valence-electron chi connectivity index (χ3n) is 5.55. The van der Waals surface area contributed by atoms with Gasteiger partial charge in [-0.3, -0.25) is 4.79 Å². The van der Waals surface area contributed by atoms with Crippen LogP contribution in [0.25, 0.3) is 11.5 Å². The topological polar surface area (TPSA) is 55.6 Å². The maximum Gasteiger partial charge on any atom is 0.253 e. The number of hydrogen-bond acceptors (Lipinski definition) is 4. The molecule has 1 amide bonds. The molecule has 1 aromatic heterocycles. The van der Waals surface area contributed by atoms with Gasteiger partial charge in [-0.05, 0) is 61.6 Å². The van der Waals surface area contributed by atoms with E-state index in [0.29, 0.717) is 29.9 Å². The molecule has 30 heavy (non-hydrogen) atoms. The molecular formula is C25H28N2O3. The molecule has 1 fully saturated rings. The van der Waals surface area contributed by atoms with Crippen molar-refractivity contribution < 1.29 is 13.9 Å². The Morgan fingerprint density at radius 3 is 2.40 bits per heavy atom. The van der Waals surface area contributed by atoms with Gasteiger partial charge in [0.2, 0.25) is 5.89 Å². The molecule has 0 N–H and O–H groups in total. The molecule has 1 saturated heterocycles. The number of likely N-dealkylation sites (tertiary alicyclic amines) is 1. The Labute approximate surface area is 177 Å². The summed E-state index contributed by atoms with van der Waals surface area (Å²) in [7, 11) is 0. The molecule has 0 bridgehead atoms. The Morgan fingerprint density at radius 2 is 1.73 bits per heavy atom. The van der Waals surface area contributed by atoms with Gasteiger partial charge in [-0.1, -0.05) is 32.0 Å². The first-order valence-corrected chi connectivity index (χ1v) is 10.5. The molecule has 2 aromatic carbocycles. The van der Waals surface area contributed by atoms with Crippen molar-refractivity contribution in [2.24, 2.45) is 11.8 Å². The van der Waals surface area contributed by atoms with Crippen molar-refractivity contribution in [3.63, 3.8) is 0 Å². The van der Waals surface area contributed by atoms with E-state index >= 15 is 0 Å². The summed E-state index contributed by atoms with van der Waals surface area (Å²) in [6.45, 7) is 8.31. The molecule has 1 aliphatic rings. The lowest BCUT2D eigenvalue weighted by molar-refractivity contribution is 0.0623. The standard InChI is InChI=1S/C25H28N2O3/c1-17-13-18(2)15-27(14-17)25(28)21-11-9-20(10-12-21)24-26-23(19(3)30-24)16-29-22-7-5-4-6-8-22/h4-12,17-18H,13-16H2,1-3H3/t17-,18-/m0/s1. The summed E-state index contributed by atoms with van der Waals surface area (Å²) in [6.07, 6.45) is 1.18. The van der Waals surface area contributed by atoms with E-state index in [9.17, 15) is 4.79 Å². The number of amides is 1. The molecule has 1 aliphatic heterocycles. The van der Waals surface area contributed by atoms with Crippen molar-refractivity contribution >= 4 is 5.91 Å². The second-order valence-corrected chi connectivity index (χ2v) is 8.36. The van der Waals surface area contributed by atoms with Gasteiger partial charge in [0.05, 0.1) is 0 Å². The second kappa shape index (κ2) is 8.74. The predicted molar refractivity (Wildman–Crippen MR) is 116 cm³/mol. The maximum atomic E-state index is 12.9. The van der Waals surface area contributed by atoms with Gasteiger partial charge in [0.1, 0.15) is 23.8 Å². The van der Waals surface area contributed by atoms with Crippen LogP contribution in [0.4, 0.5) is 0 Å². The van der Waals surface area contributed by atoms with E-state index in [1.54, 1.807) is 0 Å². The Hall–Kier alpha value is -3.08. The minimum absolute atomic E-state index is 0.0977. The van der Waals surface area contributed by atoms with E-state index in [2.05, 4.69) is 18.8 Å². The SMILES string of the molecule is Cc1oc(-c2ccc(C(=O)N3C[C@@H](C)C[C@H](C)C3)cc2)nc1COc1ccccc1. The first-order chi connectivity index (χ1) is 14.5. The molecule has 0 aliphatic carbocycles. The smallest absolute Gasteiger partial charge is 0.253 e. The zero-order valence-electron chi connectivity index (χ0n) is 17.8. The lowest BCUT2D eigenvalue weighted by atomic mass is 9.91. The zero-order chi connectivity index (χ0) is 21.1. The summed E-state index contributed by atoms with van der Waals surface area (Å²) < 4.78 is 11.6. The number of benzene rings is 2. The summed E-state index contributed by atoms with van der Waals surface area (Å²) >= 11 is 0. The molecular weight excluding hydrogens is 376 g/mol. The van der Waals surface area contributed by atoms with Crippen LogP contribution in [0.1, 0.15) is 42.1 Å². The van der Waals surface area contributed by atoms with Crippen molar-refractivity contribution in [3.05, 3.63) is 71.6 Å². The minimum atomic E-state index is 0.0977. The van der Waals surface area contributed by atoms with E-state index in [1.165, 1.54) is 6.42 Å². The Bertz CT molecular complexity index is 985. The van der Waals surface area contributed by atoms with Crippen molar-refractivity contribution in [1.82, 2.24) is 9.88 Å². The Kier molecular flexibility index (Phi) is 5.88. The lowest BCUT2D eigenvalue weighted by Crippen LogP contribution is -2.42. The number of carbonyl (C=O) groups is 1. The molecule has 5 heteroatoms. The molecule has 5 nitrogen and oxygen atoms in total. The summed E-state index contributed by atoms with van der Waals surface area (Å²) in [5.74, 6) is 3.26. The number of rotatable bonds is 5. The van der Waals surface area contributed by atoms with E-state index in [1.807, 2.05) is 66.4 Å². The van der Waals surface area contributed by atoms with E-state index < -0.39 is 0 Å². The van der Waals surface area contributed by atoms with Crippen molar-refractivity contribution in [3.8, 4) is 17.2 Å². The third kappa shape index (κ3) is 4.56. The van der Waals surface area contributed by atoms with Crippen LogP contribution in [0.3, 0.4) is 0 Å². The predicted octanol–water partition coefficient (Wildman–Crippen LogP) is 5.35. The number of oxazole rings is 1. The fourth-order valence-corrected chi connectivity index (χ4v) is 4.12. The number of nitrogens with zero attached hydrogens (tertiary/aromatic N) is 2. The van der Waals surface area contributed by atoms with Gasteiger partial charge >= 0.3 is 0 Å². The first-order valence-electron chi connectivity index (χ1n) is 10.5. The van der Waals surface area contributed by atoms with E-state index in [4.69, 9.17) is 9.15 Å². The fraction of sp³-hybridized carbons (Fsp3) is 0.360. The van der Waals surface area contributed by atoms with Gasteiger partial charge in [0.25, 0.3) is 5.91 Å². The summed E-state index contributed by atoms with van der Waals surface area (Å²) in [5.41, 5.74) is 2.32. The molecule has 0 spiro atoms. The van der Waals surface area contributed by atoms with Crippen LogP contribution in [-0.4, -0.2) is 28.9 Å². The number of carbonyl (C=O) groups excluding carboxylic acids is 1. The van der Waals surface area contributed by atoms with Gasteiger partial charge < -0.3 is 14.1 Å². The number of aromatic nitrogens is 1. The zero-order valence-corrected chi connectivity index (χ0v) is 17.8. The van der Waals surface area contributed by atoms with Gasteiger partial charge in [-0.25, -0.2) is 4.98 Å². The minimum Gasteiger partial charge on any atom is -0.487 e. The number of hydrogen-bond donors (Lipinski definition) is 0. The monoisotopic (exact) mass is 404 g/mol. The highest BCUT2D eigenvalue weighted by molar-refractivity contribution is 5.94. The van der Waals surface area contributed by atoms with Gasteiger partial charge in [0.15, 0.2) is 0 Å². The number of para-hydroxylation sites is 1. The molecule has 2 atom stereocenters. The summed E-state index contributed by atoms with van der Waals surface area (Å²) in [6, 6.07) is 17.2. The van der Waals surface area contributed by atoms with Crippen molar-refractivity contribution in [1.29, 1.82) is 0 Å². The highest BCUT2D eigenvalue weighted by Gasteiger charge is 2.26. The van der Waals surface area contributed by atoms with Crippen LogP contribution in [-0.2, 0) is 6.61 Å². The molecule has 0 saturated carbocycles. The quantitative estimate of drug-likeness (QED) is 0.575. The van der Waals surface area contributed by atoms with Crippen LogP contribution in [0.15, 0.2) is 59.0 Å². The molecule has 4 rings (SSSR count). The van der Waals surface area contributed by atoms with Crippen LogP contribution < -0.4 is 4.74 Å². The van der Waals surface area contributed by atoms with E-state index in [0.717, 1.165) is 35.9 Å². The molecule has 0 unspecified atom stereocenters. The highest BCUT2D eigenvalue weighted by Crippen LogP contribution is 2.25. The Balaban J connectivity index is 1.44.